The highest BCUT2D eigenvalue weighted by Gasteiger charge is 2.34. The number of benzene rings is 1. The van der Waals surface area contributed by atoms with E-state index < -0.39 is 0 Å². The number of carbonyl (C=O) groups excluding carboxylic acids is 1. The molecule has 0 spiro atoms. The molecule has 0 N–H and O–H groups in total. The molecule has 1 aromatic carbocycles. The summed E-state index contributed by atoms with van der Waals surface area (Å²) in [5.41, 5.74) is 0.973. The number of likely N-dealkylation sites (tertiary alicyclic amines) is 1. The first-order valence-corrected chi connectivity index (χ1v) is 7.92. The van der Waals surface area contributed by atoms with Crippen LogP contribution in [0.1, 0.15) is 50.2 Å². The average Bonchev–Trinajstić information content (AvgIpc) is 3.22. The fourth-order valence-corrected chi connectivity index (χ4v) is 2.64. The molecule has 1 amide bonds. The Bertz CT molecular complexity index is 656. The van der Waals surface area contributed by atoms with Crippen LogP contribution in [0.15, 0.2) is 30.3 Å². The van der Waals surface area contributed by atoms with Gasteiger partial charge >= 0.3 is 6.09 Å². The van der Waals surface area contributed by atoms with Gasteiger partial charge in [0.2, 0.25) is 0 Å². The van der Waals surface area contributed by atoms with Crippen LogP contribution >= 0.6 is 0 Å². The van der Waals surface area contributed by atoms with Gasteiger partial charge in [0.25, 0.3) is 0 Å². The van der Waals surface area contributed by atoms with Crippen LogP contribution < -0.4 is 0 Å². The lowest BCUT2D eigenvalue weighted by Gasteiger charge is -2.21. The molecule has 0 unspecified atom stereocenters. The molecule has 1 atom stereocenters. The Kier molecular flexibility index (Phi) is 4.55. The minimum atomic E-state index is -0.322. The predicted octanol–water partition coefficient (Wildman–Crippen LogP) is 2.73. The zero-order valence-electron chi connectivity index (χ0n) is 13.4. The number of rotatable bonds is 4. The van der Waals surface area contributed by atoms with Crippen molar-refractivity contribution in [2.75, 3.05) is 6.54 Å². The van der Waals surface area contributed by atoms with Gasteiger partial charge in [-0.15, -0.1) is 10.2 Å². The molecule has 3 rings (SSSR count). The van der Waals surface area contributed by atoms with Gasteiger partial charge in [-0.1, -0.05) is 30.3 Å². The molecule has 0 saturated carbocycles. The first kappa shape index (κ1) is 15.5. The summed E-state index contributed by atoms with van der Waals surface area (Å²) in [5.74, 6) is 0.591. The maximum atomic E-state index is 12.4. The first-order chi connectivity index (χ1) is 11.1. The lowest BCUT2D eigenvalue weighted by Crippen LogP contribution is -2.31. The minimum Gasteiger partial charge on any atom is -0.445 e. The topological polar surface area (TPSA) is 73.1 Å². The fraction of sp³-hybridized carbons (Fsp3) is 0.500. The van der Waals surface area contributed by atoms with Gasteiger partial charge in [-0.3, -0.25) is 4.90 Å². The lowest BCUT2D eigenvalue weighted by atomic mass is 10.2. The van der Waals surface area contributed by atoms with Crippen LogP contribution in [0, 0.1) is 0 Å². The Morgan fingerprint density at radius 2 is 2.13 bits per heavy atom. The zero-order chi connectivity index (χ0) is 16.2. The molecule has 1 aliphatic rings. The Hall–Kier alpha value is -2.44. The lowest BCUT2D eigenvalue weighted by molar-refractivity contribution is 0.0908. The van der Waals surface area contributed by atoms with Crippen molar-refractivity contribution >= 4 is 6.09 Å². The number of carbonyl (C=O) groups is 1. The number of hydrogen-bond acceptors (Lipinski definition) is 5. The van der Waals surface area contributed by atoms with Gasteiger partial charge in [0, 0.05) is 6.54 Å². The highest BCUT2D eigenvalue weighted by atomic mass is 16.6. The molecule has 7 heteroatoms. The van der Waals surface area contributed by atoms with Gasteiger partial charge < -0.3 is 4.74 Å². The zero-order valence-corrected chi connectivity index (χ0v) is 13.4. The largest absolute Gasteiger partial charge is 0.445 e. The van der Waals surface area contributed by atoms with Crippen LogP contribution in [-0.2, 0) is 11.3 Å². The van der Waals surface area contributed by atoms with Crippen molar-refractivity contribution in [1.29, 1.82) is 0 Å². The molecule has 0 radical (unpaired) electrons. The van der Waals surface area contributed by atoms with Crippen LogP contribution in [0.2, 0.25) is 0 Å². The van der Waals surface area contributed by atoms with Gasteiger partial charge in [-0.05, 0) is 37.5 Å². The van der Waals surface area contributed by atoms with E-state index in [1.165, 1.54) is 0 Å². The van der Waals surface area contributed by atoms with E-state index in [0.717, 1.165) is 18.4 Å². The van der Waals surface area contributed by atoms with E-state index in [9.17, 15) is 4.79 Å². The normalized spacial score (nSPS) is 17.7. The third kappa shape index (κ3) is 3.49. The van der Waals surface area contributed by atoms with Crippen LogP contribution in [0.3, 0.4) is 0 Å². The van der Waals surface area contributed by atoms with Crippen molar-refractivity contribution in [3.05, 3.63) is 41.7 Å². The molecule has 2 heterocycles. The van der Waals surface area contributed by atoms with E-state index in [0.29, 0.717) is 12.4 Å². The number of hydrogen-bond donors (Lipinski definition) is 0. The predicted molar refractivity (Wildman–Crippen MR) is 83.5 cm³/mol. The summed E-state index contributed by atoms with van der Waals surface area (Å²) in [4.78, 5) is 15.6. The van der Waals surface area contributed by atoms with Gasteiger partial charge in [0.05, 0.1) is 12.1 Å². The number of aromatic nitrogens is 4. The number of tetrazole rings is 1. The fourth-order valence-electron chi connectivity index (χ4n) is 2.64. The van der Waals surface area contributed by atoms with Gasteiger partial charge in [0.1, 0.15) is 6.61 Å². The van der Waals surface area contributed by atoms with E-state index in [1.54, 1.807) is 9.70 Å². The van der Waals surface area contributed by atoms with Crippen molar-refractivity contribution in [3.8, 4) is 0 Å². The third-order valence-electron chi connectivity index (χ3n) is 3.90. The maximum Gasteiger partial charge on any atom is 0.410 e. The monoisotopic (exact) mass is 315 g/mol. The molecular formula is C16H21N5O2. The number of ether oxygens (including phenoxy) is 1. The molecule has 1 aliphatic heterocycles. The Morgan fingerprint density at radius 1 is 1.35 bits per heavy atom. The third-order valence-corrected chi connectivity index (χ3v) is 3.90. The second kappa shape index (κ2) is 6.76. The summed E-state index contributed by atoms with van der Waals surface area (Å²) in [7, 11) is 0. The van der Waals surface area contributed by atoms with Crippen molar-refractivity contribution in [3.63, 3.8) is 0 Å². The smallest absolute Gasteiger partial charge is 0.410 e. The van der Waals surface area contributed by atoms with E-state index >= 15 is 0 Å². The van der Waals surface area contributed by atoms with Crippen LogP contribution in [-0.4, -0.2) is 37.7 Å². The molecule has 23 heavy (non-hydrogen) atoms. The molecule has 1 saturated heterocycles. The van der Waals surface area contributed by atoms with E-state index in [1.807, 2.05) is 44.2 Å². The second-order valence-corrected chi connectivity index (χ2v) is 5.95. The van der Waals surface area contributed by atoms with Crippen LogP contribution in [0.25, 0.3) is 0 Å². The van der Waals surface area contributed by atoms with Gasteiger partial charge in [-0.2, -0.15) is 4.80 Å². The second-order valence-electron chi connectivity index (χ2n) is 5.95. The molecule has 2 aromatic rings. The van der Waals surface area contributed by atoms with Gasteiger partial charge in [0.15, 0.2) is 5.82 Å². The average molecular weight is 315 g/mol. The highest BCUT2D eigenvalue weighted by molar-refractivity contribution is 5.68. The first-order valence-electron chi connectivity index (χ1n) is 7.92. The quantitative estimate of drug-likeness (QED) is 0.867. The Labute approximate surface area is 135 Å². The maximum absolute atomic E-state index is 12.4. The van der Waals surface area contributed by atoms with Crippen LogP contribution in [0.5, 0.6) is 0 Å². The minimum absolute atomic E-state index is 0.147. The molecule has 0 aliphatic carbocycles. The Balaban J connectivity index is 1.64. The number of amides is 1. The summed E-state index contributed by atoms with van der Waals surface area (Å²) >= 11 is 0. The summed E-state index contributed by atoms with van der Waals surface area (Å²) in [5, 5.41) is 12.5. The molecule has 1 fully saturated rings. The molecule has 7 nitrogen and oxygen atoms in total. The van der Waals surface area contributed by atoms with Crippen molar-refractivity contribution in [2.45, 2.75) is 45.4 Å². The van der Waals surface area contributed by atoms with E-state index in [4.69, 9.17) is 4.74 Å². The highest BCUT2D eigenvalue weighted by Crippen LogP contribution is 2.30. The molecule has 1 aromatic heterocycles. The molecule has 122 valence electrons. The van der Waals surface area contributed by atoms with Crippen molar-refractivity contribution < 1.29 is 9.53 Å². The van der Waals surface area contributed by atoms with Gasteiger partial charge in [-0.25, -0.2) is 4.79 Å². The standard InChI is InChI=1S/C16H21N5O2/c1-12(2)21-18-15(17-19-21)14-9-6-10-20(14)16(22)23-11-13-7-4-3-5-8-13/h3-5,7-8,12,14H,6,9-11H2,1-2H3/t14-/m1/s1. The van der Waals surface area contributed by atoms with Crippen molar-refractivity contribution in [1.82, 2.24) is 25.1 Å². The summed E-state index contributed by atoms with van der Waals surface area (Å²) in [6.07, 6.45) is 1.43. The van der Waals surface area contributed by atoms with E-state index in [-0.39, 0.29) is 24.8 Å². The SMILES string of the molecule is CC(C)n1nnc([C@H]2CCCN2C(=O)OCc2ccccc2)n1. The molecule has 0 bridgehead atoms. The Morgan fingerprint density at radius 3 is 2.83 bits per heavy atom. The van der Waals surface area contributed by atoms with E-state index in [2.05, 4.69) is 15.4 Å². The van der Waals surface area contributed by atoms with Crippen molar-refractivity contribution in [2.24, 2.45) is 0 Å². The summed E-state index contributed by atoms with van der Waals surface area (Å²) < 4.78 is 5.42. The number of nitrogens with zero attached hydrogens (tertiary/aromatic N) is 5. The van der Waals surface area contributed by atoms with Crippen LogP contribution in [0.4, 0.5) is 4.79 Å². The summed E-state index contributed by atoms with van der Waals surface area (Å²) in [6.45, 7) is 4.92. The summed E-state index contributed by atoms with van der Waals surface area (Å²) in [6, 6.07) is 9.66. The molecular weight excluding hydrogens is 294 g/mol.